The van der Waals surface area contributed by atoms with Gasteiger partial charge in [-0.25, -0.2) is 0 Å². The van der Waals surface area contributed by atoms with Gasteiger partial charge in [-0.05, 0) is 20.3 Å². The van der Waals surface area contributed by atoms with Crippen molar-refractivity contribution in [2.24, 2.45) is 5.73 Å². The Labute approximate surface area is 106 Å². The zero-order chi connectivity index (χ0) is 14.2. The molecule has 5 N–H and O–H groups in total. The Morgan fingerprint density at radius 3 is 2.56 bits per heavy atom. The predicted molar refractivity (Wildman–Crippen MR) is 65.0 cm³/mol. The number of nitrogens with one attached hydrogen (secondary N) is 1. The van der Waals surface area contributed by atoms with Gasteiger partial charge in [0.05, 0.1) is 18.8 Å². The van der Waals surface area contributed by atoms with E-state index in [1.807, 2.05) is 0 Å². The molecule has 0 fully saturated rings. The number of aliphatic carboxylic acids is 1. The van der Waals surface area contributed by atoms with Crippen LogP contribution in [0.25, 0.3) is 0 Å². The summed E-state index contributed by atoms with van der Waals surface area (Å²) < 4.78 is 5.31. The first-order valence-corrected chi connectivity index (χ1v) is 5.78. The average Bonchev–Trinajstić information content (AvgIpc) is 2.31. The number of carbonyl (C=O) groups is 2. The predicted octanol–water partition coefficient (Wildman–Crippen LogP) is -0.918. The van der Waals surface area contributed by atoms with Crippen molar-refractivity contribution in [3.05, 3.63) is 0 Å². The van der Waals surface area contributed by atoms with Crippen LogP contribution in [0.3, 0.4) is 0 Å². The standard InChI is InChI=1S/C11H22N2O5/c1-11(2,7-14)18-6-5-13-9(15)4-3-8(12)10(16)17/h8,14H,3-7,12H2,1-2H3,(H,13,15)(H,16,17). The number of carboxylic acid groups (broad SMARTS) is 1. The van der Waals surface area contributed by atoms with E-state index in [1.54, 1.807) is 13.8 Å². The Balaban J connectivity index is 3.63. The molecule has 1 atom stereocenters. The van der Waals surface area contributed by atoms with Crippen LogP contribution in [0, 0.1) is 0 Å². The topological polar surface area (TPSA) is 122 Å². The van der Waals surface area contributed by atoms with E-state index >= 15 is 0 Å². The lowest BCUT2D eigenvalue weighted by Crippen LogP contribution is -2.35. The monoisotopic (exact) mass is 262 g/mol. The van der Waals surface area contributed by atoms with Gasteiger partial charge in [0.15, 0.2) is 0 Å². The number of aliphatic hydroxyl groups excluding tert-OH is 1. The van der Waals surface area contributed by atoms with Crippen LogP contribution in [0.1, 0.15) is 26.7 Å². The van der Waals surface area contributed by atoms with Crippen LogP contribution in [0.5, 0.6) is 0 Å². The lowest BCUT2D eigenvalue weighted by atomic mass is 10.1. The highest BCUT2D eigenvalue weighted by Gasteiger charge is 2.16. The minimum atomic E-state index is -1.11. The SMILES string of the molecule is CC(C)(CO)OCCNC(=O)CCC(N)C(=O)O. The van der Waals surface area contributed by atoms with Crippen molar-refractivity contribution in [1.29, 1.82) is 0 Å². The van der Waals surface area contributed by atoms with E-state index < -0.39 is 17.6 Å². The Morgan fingerprint density at radius 2 is 2.06 bits per heavy atom. The Morgan fingerprint density at radius 1 is 1.44 bits per heavy atom. The highest BCUT2D eigenvalue weighted by atomic mass is 16.5. The molecular formula is C11H22N2O5. The van der Waals surface area contributed by atoms with Crippen LogP contribution < -0.4 is 11.1 Å². The van der Waals surface area contributed by atoms with Crippen LogP contribution in [0.2, 0.25) is 0 Å². The molecule has 0 saturated heterocycles. The van der Waals surface area contributed by atoms with Gasteiger partial charge < -0.3 is 26.0 Å². The van der Waals surface area contributed by atoms with Crippen LogP contribution in [0.15, 0.2) is 0 Å². The summed E-state index contributed by atoms with van der Waals surface area (Å²) in [6.07, 6.45) is 0.168. The average molecular weight is 262 g/mol. The van der Waals surface area contributed by atoms with Crippen LogP contribution in [0.4, 0.5) is 0 Å². The molecule has 0 bridgehead atoms. The number of nitrogens with two attached hydrogens (primary N) is 1. The third-order valence-electron chi connectivity index (χ3n) is 2.30. The molecule has 0 aliphatic heterocycles. The van der Waals surface area contributed by atoms with E-state index in [0.29, 0.717) is 6.54 Å². The molecule has 0 aliphatic rings. The fourth-order valence-electron chi connectivity index (χ4n) is 1.06. The summed E-state index contributed by atoms with van der Waals surface area (Å²) in [7, 11) is 0. The second kappa shape index (κ2) is 8.02. The van der Waals surface area contributed by atoms with Crippen LogP contribution in [-0.2, 0) is 14.3 Å². The van der Waals surface area contributed by atoms with Crippen molar-refractivity contribution >= 4 is 11.9 Å². The number of rotatable bonds is 9. The van der Waals surface area contributed by atoms with E-state index in [0.717, 1.165) is 0 Å². The van der Waals surface area contributed by atoms with Gasteiger partial charge >= 0.3 is 5.97 Å². The number of hydrogen-bond acceptors (Lipinski definition) is 5. The summed E-state index contributed by atoms with van der Waals surface area (Å²) in [6.45, 7) is 3.96. The van der Waals surface area contributed by atoms with E-state index in [9.17, 15) is 9.59 Å². The number of ether oxygens (including phenoxy) is 1. The van der Waals surface area contributed by atoms with Crippen molar-refractivity contribution < 1.29 is 24.5 Å². The number of amides is 1. The fraction of sp³-hybridized carbons (Fsp3) is 0.818. The number of aliphatic hydroxyl groups is 1. The lowest BCUT2D eigenvalue weighted by molar-refractivity contribution is -0.138. The largest absolute Gasteiger partial charge is 0.480 e. The van der Waals surface area contributed by atoms with Gasteiger partial charge in [-0.3, -0.25) is 9.59 Å². The highest BCUT2D eigenvalue weighted by Crippen LogP contribution is 2.06. The zero-order valence-corrected chi connectivity index (χ0v) is 10.8. The second-order valence-electron chi connectivity index (χ2n) is 4.60. The van der Waals surface area contributed by atoms with Crippen LogP contribution >= 0.6 is 0 Å². The normalized spacial score (nSPS) is 13.1. The molecule has 106 valence electrons. The molecule has 7 nitrogen and oxygen atoms in total. The molecule has 0 aliphatic carbocycles. The molecule has 1 amide bonds. The molecule has 18 heavy (non-hydrogen) atoms. The van der Waals surface area contributed by atoms with Gasteiger partial charge in [0.1, 0.15) is 6.04 Å². The fourth-order valence-corrected chi connectivity index (χ4v) is 1.06. The molecule has 1 unspecified atom stereocenters. The molecular weight excluding hydrogens is 240 g/mol. The first-order valence-electron chi connectivity index (χ1n) is 5.78. The number of carbonyl (C=O) groups excluding carboxylic acids is 1. The summed E-state index contributed by atoms with van der Waals surface area (Å²) in [5.41, 5.74) is 4.63. The molecule has 0 spiro atoms. The maximum absolute atomic E-state index is 11.3. The van der Waals surface area contributed by atoms with Crippen molar-refractivity contribution in [3.8, 4) is 0 Å². The molecule has 0 radical (unpaired) electrons. The quantitative estimate of drug-likeness (QED) is 0.399. The van der Waals surface area contributed by atoms with Gasteiger partial charge in [-0.2, -0.15) is 0 Å². The molecule has 7 heteroatoms. The first kappa shape index (κ1) is 16.8. The molecule has 0 saturated carbocycles. The third kappa shape index (κ3) is 7.99. The summed E-state index contributed by atoms with van der Waals surface area (Å²) >= 11 is 0. The third-order valence-corrected chi connectivity index (χ3v) is 2.30. The second-order valence-corrected chi connectivity index (χ2v) is 4.60. The minimum absolute atomic E-state index is 0.0663. The van der Waals surface area contributed by atoms with E-state index in [-0.39, 0.29) is 32.0 Å². The summed E-state index contributed by atoms with van der Waals surface area (Å²) in [6, 6.07) is -1.01. The lowest BCUT2D eigenvalue weighted by Gasteiger charge is -2.22. The van der Waals surface area contributed by atoms with Crippen molar-refractivity contribution in [3.63, 3.8) is 0 Å². The first-order chi connectivity index (χ1) is 8.28. The summed E-state index contributed by atoms with van der Waals surface area (Å²) in [4.78, 5) is 21.7. The summed E-state index contributed by atoms with van der Waals surface area (Å²) in [5, 5.41) is 20.0. The van der Waals surface area contributed by atoms with Crippen molar-refractivity contribution in [2.45, 2.75) is 38.3 Å². The maximum Gasteiger partial charge on any atom is 0.320 e. The Hall–Kier alpha value is -1.18. The minimum Gasteiger partial charge on any atom is -0.480 e. The van der Waals surface area contributed by atoms with Crippen molar-refractivity contribution in [1.82, 2.24) is 5.32 Å². The number of carboxylic acids is 1. The molecule has 0 rings (SSSR count). The highest BCUT2D eigenvalue weighted by molar-refractivity contribution is 5.78. The maximum atomic E-state index is 11.3. The van der Waals surface area contributed by atoms with E-state index in [2.05, 4.69) is 5.32 Å². The number of hydrogen-bond donors (Lipinski definition) is 4. The van der Waals surface area contributed by atoms with E-state index in [1.165, 1.54) is 0 Å². The Kier molecular flexibility index (Phi) is 7.49. The summed E-state index contributed by atoms with van der Waals surface area (Å²) in [5.74, 6) is -1.38. The van der Waals surface area contributed by atoms with Gasteiger partial charge in [-0.15, -0.1) is 0 Å². The Bertz CT molecular complexity index is 281. The smallest absolute Gasteiger partial charge is 0.320 e. The molecule has 0 heterocycles. The molecule has 0 aromatic carbocycles. The zero-order valence-electron chi connectivity index (χ0n) is 10.8. The van der Waals surface area contributed by atoms with Crippen molar-refractivity contribution in [2.75, 3.05) is 19.8 Å². The van der Waals surface area contributed by atoms with Gasteiger partial charge in [0.25, 0.3) is 0 Å². The van der Waals surface area contributed by atoms with Gasteiger partial charge in [0.2, 0.25) is 5.91 Å². The molecule has 0 aromatic heterocycles. The van der Waals surface area contributed by atoms with E-state index in [4.69, 9.17) is 20.7 Å². The van der Waals surface area contributed by atoms with Gasteiger partial charge in [-0.1, -0.05) is 0 Å². The molecule has 0 aromatic rings. The van der Waals surface area contributed by atoms with Gasteiger partial charge in [0, 0.05) is 13.0 Å². The van der Waals surface area contributed by atoms with Crippen LogP contribution in [-0.4, -0.2) is 53.5 Å².